The third-order valence-electron chi connectivity index (χ3n) is 4.73. The maximum Gasteiger partial charge on any atom is 0.224 e. The van der Waals surface area contributed by atoms with Gasteiger partial charge in [-0.3, -0.25) is 9.59 Å². The third-order valence-corrected chi connectivity index (χ3v) is 6.04. The lowest BCUT2D eigenvalue weighted by atomic mass is 10.0. The van der Waals surface area contributed by atoms with Gasteiger partial charge in [0.1, 0.15) is 0 Å². The number of Topliss-reactive ketones (excluding diaryl/α,β-unsaturated/α-hetero) is 1. The van der Waals surface area contributed by atoms with Crippen LogP contribution in [0.3, 0.4) is 0 Å². The molecule has 4 heteroatoms. The Morgan fingerprint density at radius 3 is 2.04 bits per heavy atom. The van der Waals surface area contributed by atoms with Gasteiger partial charge in [0, 0.05) is 22.6 Å². The molecule has 0 aliphatic heterocycles. The number of carbonyl (C=O) groups is 2. The van der Waals surface area contributed by atoms with Gasteiger partial charge in [-0.25, -0.2) is 0 Å². The van der Waals surface area contributed by atoms with Crippen LogP contribution in [0.2, 0.25) is 0 Å². The lowest BCUT2D eigenvalue weighted by molar-refractivity contribution is -0.116. The van der Waals surface area contributed by atoms with Crippen LogP contribution in [0.15, 0.2) is 35.2 Å². The normalized spacial score (nSPS) is 10.9. The van der Waals surface area contributed by atoms with Crippen molar-refractivity contribution < 1.29 is 9.59 Å². The standard InChI is InChI=1S/C23H29NO2S/c1-14(2)11-22(26)24-20-9-7-19(8-10-20)21(25)13-27-23-17(5)15(3)12-16(4)18(23)6/h7-10,12,14H,11,13H2,1-6H3,(H,24,26). The fourth-order valence-electron chi connectivity index (χ4n) is 2.94. The van der Waals surface area contributed by atoms with Crippen molar-refractivity contribution in [1.29, 1.82) is 0 Å². The van der Waals surface area contributed by atoms with Crippen molar-refractivity contribution in [2.75, 3.05) is 11.1 Å². The first-order chi connectivity index (χ1) is 12.7. The van der Waals surface area contributed by atoms with E-state index in [0.29, 0.717) is 23.7 Å². The van der Waals surface area contributed by atoms with Gasteiger partial charge in [0.15, 0.2) is 5.78 Å². The molecule has 0 aromatic heterocycles. The van der Waals surface area contributed by atoms with Gasteiger partial charge in [-0.2, -0.15) is 0 Å². The fourth-order valence-corrected chi connectivity index (χ4v) is 4.14. The van der Waals surface area contributed by atoms with Crippen molar-refractivity contribution in [3.63, 3.8) is 0 Å². The highest BCUT2D eigenvalue weighted by Crippen LogP contribution is 2.31. The number of carbonyl (C=O) groups excluding carboxylic acids is 2. The Morgan fingerprint density at radius 2 is 1.52 bits per heavy atom. The van der Waals surface area contributed by atoms with E-state index in [1.807, 2.05) is 13.8 Å². The number of thioether (sulfide) groups is 1. The second kappa shape index (κ2) is 9.23. The second-order valence-electron chi connectivity index (χ2n) is 7.52. The number of nitrogens with one attached hydrogen (secondary N) is 1. The van der Waals surface area contributed by atoms with Crippen molar-refractivity contribution in [2.24, 2.45) is 5.92 Å². The van der Waals surface area contributed by atoms with Gasteiger partial charge in [0.05, 0.1) is 5.75 Å². The highest BCUT2D eigenvalue weighted by molar-refractivity contribution is 8.00. The van der Waals surface area contributed by atoms with Crippen LogP contribution in [-0.4, -0.2) is 17.4 Å². The van der Waals surface area contributed by atoms with Gasteiger partial charge in [0.2, 0.25) is 5.91 Å². The van der Waals surface area contributed by atoms with Crippen molar-refractivity contribution in [3.8, 4) is 0 Å². The summed E-state index contributed by atoms with van der Waals surface area (Å²) in [5.74, 6) is 0.822. The van der Waals surface area contributed by atoms with Crippen molar-refractivity contribution >= 4 is 29.1 Å². The predicted molar refractivity (Wildman–Crippen MR) is 115 cm³/mol. The highest BCUT2D eigenvalue weighted by Gasteiger charge is 2.13. The molecule has 1 amide bonds. The molecule has 0 aliphatic rings. The molecule has 0 bridgehead atoms. The van der Waals surface area contributed by atoms with Gasteiger partial charge >= 0.3 is 0 Å². The lowest BCUT2D eigenvalue weighted by Gasteiger charge is -2.14. The van der Waals surface area contributed by atoms with Crippen molar-refractivity contribution in [3.05, 3.63) is 58.1 Å². The smallest absolute Gasteiger partial charge is 0.224 e. The molecule has 0 heterocycles. The lowest BCUT2D eigenvalue weighted by Crippen LogP contribution is -2.14. The summed E-state index contributed by atoms with van der Waals surface area (Å²) in [5.41, 5.74) is 6.41. The van der Waals surface area contributed by atoms with Crippen molar-refractivity contribution in [1.82, 2.24) is 0 Å². The summed E-state index contributed by atoms with van der Waals surface area (Å²) in [5, 5.41) is 2.87. The fraction of sp³-hybridized carbons (Fsp3) is 0.391. The van der Waals surface area contributed by atoms with E-state index >= 15 is 0 Å². The largest absolute Gasteiger partial charge is 0.326 e. The van der Waals surface area contributed by atoms with Crippen LogP contribution in [0.25, 0.3) is 0 Å². The molecule has 0 radical (unpaired) electrons. The van der Waals surface area contributed by atoms with Gasteiger partial charge < -0.3 is 5.32 Å². The molecule has 2 rings (SSSR count). The number of hydrogen-bond donors (Lipinski definition) is 1. The summed E-state index contributed by atoms with van der Waals surface area (Å²) in [4.78, 5) is 25.6. The molecule has 0 aliphatic carbocycles. The molecule has 1 N–H and O–H groups in total. The highest BCUT2D eigenvalue weighted by atomic mass is 32.2. The zero-order valence-electron chi connectivity index (χ0n) is 17.1. The van der Waals surface area contributed by atoms with Gasteiger partial charge in [0.25, 0.3) is 0 Å². The summed E-state index contributed by atoms with van der Waals surface area (Å²) in [6.45, 7) is 12.5. The van der Waals surface area contributed by atoms with Crippen LogP contribution >= 0.6 is 11.8 Å². The Balaban J connectivity index is 2.02. The second-order valence-corrected chi connectivity index (χ2v) is 8.51. The Labute approximate surface area is 166 Å². The number of rotatable bonds is 7. The molecule has 27 heavy (non-hydrogen) atoms. The molecule has 2 aromatic carbocycles. The Morgan fingerprint density at radius 1 is 0.963 bits per heavy atom. The van der Waals surface area contributed by atoms with E-state index in [4.69, 9.17) is 0 Å². The quantitative estimate of drug-likeness (QED) is 0.480. The molecule has 2 aromatic rings. The van der Waals surface area contributed by atoms with Crippen LogP contribution in [0.1, 0.15) is 52.9 Å². The van der Waals surface area contributed by atoms with Gasteiger partial charge in [-0.1, -0.05) is 19.9 Å². The summed E-state index contributed by atoms with van der Waals surface area (Å²) in [7, 11) is 0. The maximum absolute atomic E-state index is 12.6. The van der Waals surface area contributed by atoms with E-state index in [2.05, 4.69) is 39.1 Å². The SMILES string of the molecule is Cc1cc(C)c(C)c(SCC(=O)c2ccc(NC(=O)CC(C)C)cc2)c1C. The first-order valence-corrected chi connectivity index (χ1v) is 10.3. The van der Waals surface area contributed by atoms with E-state index in [0.717, 1.165) is 5.69 Å². The van der Waals surface area contributed by atoms with Crippen LogP contribution in [0.4, 0.5) is 5.69 Å². The minimum absolute atomic E-state index is 0.000370. The number of benzene rings is 2. The summed E-state index contributed by atoms with van der Waals surface area (Å²) < 4.78 is 0. The first-order valence-electron chi connectivity index (χ1n) is 9.32. The predicted octanol–water partition coefficient (Wildman–Crippen LogP) is 5.88. The summed E-state index contributed by atoms with van der Waals surface area (Å²) in [6, 6.07) is 9.36. The molecule has 0 saturated heterocycles. The molecule has 144 valence electrons. The zero-order chi connectivity index (χ0) is 20.1. The zero-order valence-corrected chi connectivity index (χ0v) is 17.9. The Hall–Kier alpha value is -2.07. The van der Waals surface area contributed by atoms with E-state index in [-0.39, 0.29) is 11.7 Å². The van der Waals surface area contributed by atoms with E-state index in [1.165, 1.54) is 27.1 Å². The number of amides is 1. The van der Waals surface area contributed by atoms with E-state index < -0.39 is 0 Å². The average molecular weight is 384 g/mol. The maximum atomic E-state index is 12.6. The summed E-state index contributed by atoms with van der Waals surface area (Å²) >= 11 is 1.61. The van der Waals surface area contributed by atoms with Crippen LogP contribution in [0, 0.1) is 33.6 Å². The molecular formula is C23H29NO2S. The monoisotopic (exact) mass is 383 g/mol. The van der Waals surface area contributed by atoms with Crippen LogP contribution in [-0.2, 0) is 4.79 Å². The topological polar surface area (TPSA) is 46.2 Å². The Bertz CT molecular complexity index is 812. The molecule has 0 spiro atoms. The minimum atomic E-state index is 0.000370. The minimum Gasteiger partial charge on any atom is -0.326 e. The number of ketones is 1. The van der Waals surface area contributed by atoms with Crippen LogP contribution < -0.4 is 5.32 Å². The van der Waals surface area contributed by atoms with Gasteiger partial charge in [-0.05, 0) is 80.1 Å². The van der Waals surface area contributed by atoms with Gasteiger partial charge in [-0.15, -0.1) is 11.8 Å². The third kappa shape index (κ3) is 5.70. The summed E-state index contributed by atoms with van der Waals surface area (Å²) in [6.07, 6.45) is 0.492. The molecule has 0 fully saturated rings. The first kappa shape index (κ1) is 21.2. The molecule has 0 saturated carbocycles. The molecule has 0 atom stereocenters. The number of aryl methyl sites for hydroxylation is 2. The Kier molecular flexibility index (Phi) is 7.25. The van der Waals surface area contributed by atoms with E-state index in [9.17, 15) is 9.59 Å². The number of anilines is 1. The number of hydrogen-bond acceptors (Lipinski definition) is 3. The molecular weight excluding hydrogens is 354 g/mol. The average Bonchev–Trinajstić information content (AvgIpc) is 2.59. The van der Waals surface area contributed by atoms with Crippen molar-refractivity contribution in [2.45, 2.75) is 52.9 Å². The molecule has 0 unspecified atom stereocenters. The van der Waals surface area contributed by atoms with Crippen LogP contribution in [0.5, 0.6) is 0 Å². The van der Waals surface area contributed by atoms with E-state index in [1.54, 1.807) is 36.0 Å². The molecule has 3 nitrogen and oxygen atoms in total.